The number of nitrogens with zero attached hydrogens (tertiary/aromatic N) is 1. The molecule has 4 unspecified atom stereocenters. The van der Waals surface area contributed by atoms with E-state index in [1.54, 1.807) is 4.90 Å². The standard InChI is InChI=1S/C29H47NO6/c1-7-20-15-21-24-22(35-26(3,4)36-28(24,6)19(20)2)16-23-27(5,17-31)9-8-10-29(21,23)18-34-25(32)30-11-13-33-14-12-30/h20-24,31H,2,7-18H2,1,3-6H3/t20?,21?,22-,23?,24?,27+,28-,29-/m1/s1. The fraction of sp³-hybridized carbons (Fsp3) is 0.897. The summed E-state index contributed by atoms with van der Waals surface area (Å²) in [7, 11) is 0. The summed E-state index contributed by atoms with van der Waals surface area (Å²) in [4.78, 5) is 14.9. The molecule has 5 aliphatic rings. The van der Waals surface area contributed by atoms with Crippen molar-refractivity contribution in [2.75, 3.05) is 39.5 Å². The molecule has 1 N–H and O–H groups in total. The van der Waals surface area contributed by atoms with Crippen molar-refractivity contribution in [2.24, 2.45) is 34.5 Å². The summed E-state index contributed by atoms with van der Waals surface area (Å²) in [5, 5.41) is 10.7. The minimum atomic E-state index is -0.702. The van der Waals surface area contributed by atoms with Crippen molar-refractivity contribution in [1.29, 1.82) is 0 Å². The van der Waals surface area contributed by atoms with Crippen LogP contribution >= 0.6 is 0 Å². The van der Waals surface area contributed by atoms with E-state index in [1.165, 1.54) is 5.57 Å². The van der Waals surface area contributed by atoms with Gasteiger partial charge in [0.05, 0.1) is 31.5 Å². The monoisotopic (exact) mass is 505 g/mol. The molecule has 0 aromatic carbocycles. The Kier molecular flexibility index (Phi) is 6.80. The first kappa shape index (κ1) is 26.5. The van der Waals surface area contributed by atoms with E-state index in [-0.39, 0.29) is 47.4 Å². The highest BCUT2D eigenvalue weighted by atomic mass is 16.7. The van der Waals surface area contributed by atoms with Crippen molar-refractivity contribution >= 4 is 6.09 Å². The number of ether oxygens (including phenoxy) is 4. The van der Waals surface area contributed by atoms with E-state index in [0.29, 0.717) is 38.8 Å². The van der Waals surface area contributed by atoms with Gasteiger partial charge in [0.2, 0.25) is 0 Å². The number of rotatable bonds is 4. The number of morpholine rings is 1. The zero-order chi connectivity index (χ0) is 25.9. The predicted molar refractivity (Wildman–Crippen MR) is 136 cm³/mol. The Morgan fingerprint density at radius 2 is 1.89 bits per heavy atom. The van der Waals surface area contributed by atoms with Gasteiger partial charge in [-0.1, -0.05) is 26.8 Å². The molecule has 204 valence electrons. The van der Waals surface area contributed by atoms with Gasteiger partial charge in [0.15, 0.2) is 5.79 Å². The van der Waals surface area contributed by atoms with Gasteiger partial charge in [0, 0.05) is 31.0 Å². The van der Waals surface area contributed by atoms with E-state index < -0.39 is 11.4 Å². The van der Waals surface area contributed by atoms with Gasteiger partial charge >= 0.3 is 6.09 Å². The van der Waals surface area contributed by atoms with E-state index in [1.807, 2.05) is 13.8 Å². The van der Waals surface area contributed by atoms with E-state index >= 15 is 0 Å². The molecule has 0 bridgehead atoms. The summed E-state index contributed by atoms with van der Waals surface area (Å²) in [5.74, 6) is 0.265. The Hall–Kier alpha value is -1.15. The van der Waals surface area contributed by atoms with Crippen LogP contribution in [0.5, 0.6) is 0 Å². The number of hydrogen-bond acceptors (Lipinski definition) is 6. The quantitative estimate of drug-likeness (QED) is 0.555. The average Bonchev–Trinajstić information content (AvgIpc) is 2.85. The molecular formula is C29H47NO6. The van der Waals surface area contributed by atoms with Gasteiger partial charge in [-0.05, 0) is 81.6 Å². The highest BCUT2D eigenvalue weighted by Gasteiger charge is 2.69. The lowest BCUT2D eigenvalue weighted by molar-refractivity contribution is -0.382. The minimum Gasteiger partial charge on any atom is -0.449 e. The molecule has 5 rings (SSSR count). The second kappa shape index (κ2) is 9.25. The lowest BCUT2D eigenvalue weighted by Crippen LogP contribution is -2.71. The first-order valence-corrected chi connectivity index (χ1v) is 14.2. The summed E-state index contributed by atoms with van der Waals surface area (Å²) < 4.78 is 25.1. The second-order valence-corrected chi connectivity index (χ2v) is 13.1. The number of carbonyl (C=O) groups is 1. The molecule has 2 heterocycles. The molecule has 2 aliphatic heterocycles. The van der Waals surface area contributed by atoms with Crippen molar-refractivity contribution in [3.63, 3.8) is 0 Å². The van der Waals surface area contributed by atoms with Gasteiger partial charge in [-0.2, -0.15) is 0 Å². The third-order valence-electron chi connectivity index (χ3n) is 10.8. The van der Waals surface area contributed by atoms with Crippen molar-refractivity contribution in [1.82, 2.24) is 4.90 Å². The van der Waals surface area contributed by atoms with Crippen molar-refractivity contribution in [2.45, 2.75) is 90.6 Å². The van der Waals surface area contributed by atoms with Crippen LogP contribution in [0.15, 0.2) is 12.2 Å². The highest BCUT2D eigenvalue weighted by Crippen LogP contribution is 2.69. The lowest BCUT2D eigenvalue weighted by atomic mass is 9.40. The van der Waals surface area contributed by atoms with Gasteiger partial charge in [0.1, 0.15) is 0 Å². The van der Waals surface area contributed by atoms with E-state index in [4.69, 9.17) is 18.9 Å². The number of aliphatic hydroxyl groups excluding tert-OH is 1. The van der Waals surface area contributed by atoms with Gasteiger partial charge in [-0.25, -0.2) is 4.79 Å². The molecule has 3 saturated carbocycles. The average molecular weight is 506 g/mol. The Morgan fingerprint density at radius 1 is 1.17 bits per heavy atom. The third-order valence-corrected chi connectivity index (χ3v) is 10.8. The van der Waals surface area contributed by atoms with Crippen LogP contribution in [0.3, 0.4) is 0 Å². The van der Waals surface area contributed by atoms with Gasteiger partial charge in [-0.15, -0.1) is 0 Å². The summed E-state index contributed by atoms with van der Waals surface area (Å²) in [6.07, 6.45) is 5.66. The van der Waals surface area contributed by atoms with Crippen LogP contribution in [0.2, 0.25) is 0 Å². The van der Waals surface area contributed by atoms with Crippen LogP contribution in [0.1, 0.15) is 73.1 Å². The van der Waals surface area contributed by atoms with Crippen LogP contribution < -0.4 is 0 Å². The molecule has 7 nitrogen and oxygen atoms in total. The third kappa shape index (κ3) is 4.04. The molecule has 0 aromatic heterocycles. The fourth-order valence-electron chi connectivity index (χ4n) is 9.08. The number of amides is 1. The van der Waals surface area contributed by atoms with Crippen LogP contribution in [-0.4, -0.2) is 73.1 Å². The molecule has 8 atom stereocenters. The maximum Gasteiger partial charge on any atom is 0.409 e. The van der Waals surface area contributed by atoms with Crippen LogP contribution in [0.25, 0.3) is 0 Å². The SMILES string of the molecule is C=C1C(CC)CC2C3[C@@H](CC4[C@](C)(CO)CCC[C@@]24COC(=O)N2CCOCC2)OC(C)(C)O[C@]13C. The summed E-state index contributed by atoms with van der Waals surface area (Å²) >= 11 is 0. The van der Waals surface area contributed by atoms with Crippen LogP contribution in [0, 0.1) is 34.5 Å². The molecule has 7 heteroatoms. The van der Waals surface area contributed by atoms with Crippen molar-refractivity contribution < 1.29 is 28.8 Å². The maximum atomic E-state index is 13.2. The Labute approximate surface area is 216 Å². The van der Waals surface area contributed by atoms with Crippen molar-refractivity contribution in [3.8, 4) is 0 Å². The highest BCUT2D eigenvalue weighted by molar-refractivity contribution is 5.67. The van der Waals surface area contributed by atoms with Crippen molar-refractivity contribution in [3.05, 3.63) is 12.2 Å². The number of hydrogen-bond donors (Lipinski definition) is 1. The van der Waals surface area contributed by atoms with Crippen LogP contribution in [0.4, 0.5) is 4.79 Å². The van der Waals surface area contributed by atoms with E-state index in [0.717, 1.165) is 38.5 Å². The minimum absolute atomic E-state index is 0.0235. The fourth-order valence-corrected chi connectivity index (χ4v) is 9.08. The first-order chi connectivity index (χ1) is 17.0. The molecule has 3 aliphatic carbocycles. The second-order valence-electron chi connectivity index (χ2n) is 13.1. The topological polar surface area (TPSA) is 77.5 Å². The number of fused-ring (bicyclic) bond motifs is 2. The molecule has 0 spiro atoms. The van der Waals surface area contributed by atoms with E-state index in [9.17, 15) is 9.90 Å². The smallest absolute Gasteiger partial charge is 0.409 e. The molecule has 36 heavy (non-hydrogen) atoms. The normalized spacial score (nSPS) is 46.0. The Balaban J connectivity index is 1.55. The molecule has 5 fully saturated rings. The molecule has 1 amide bonds. The number of aliphatic hydroxyl groups is 1. The zero-order valence-corrected chi connectivity index (χ0v) is 23.0. The zero-order valence-electron chi connectivity index (χ0n) is 23.0. The Morgan fingerprint density at radius 3 is 2.56 bits per heavy atom. The molecule has 0 aromatic rings. The Bertz CT molecular complexity index is 870. The predicted octanol–water partition coefficient (Wildman–Crippen LogP) is 4.77. The number of carbonyl (C=O) groups excluding carboxylic acids is 1. The largest absolute Gasteiger partial charge is 0.449 e. The maximum absolute atomic E-state index is 13.2. The summed E-state index contributed by atoms with van der Waals surface area (Å²) in [6, 6.07) is 0. The van der Waals surface area contributed by atoms with Gasteiger partial charge < -0.3 is 29.0 Å². The van der Waals surface area contributed by atoms with E-state index in [2.05, 4.69) is 27.4 Å². The van der Waals surface area contributed by atoms with Gasteiger partial charge in [-0.3, -0.25) is 0 Å². The molecule has 0 radical (unpaired) electrons. The first-order valence-electron chi connectivity index (χ1n) is 14.2. The van der Waals surface area contributed by atoms with Gasteiger partial charge in [0.25, 0.3) is 0 Å². The summed E-state index contributed by atoms with van der Waals surface area (Å²) in [5.41, 5.74) is 0.247. The summed E-state index contributed by atoms with van der Waals surface area (Å²) in [6.45, 7) is 18.1. The lowest BCUT2D eigenvalue weighted by Gasteiger charge is -2.69. The van der Waals surface area contributed by atoms with Crippen LogP contribution in [-0.2, 0) is 18.9 Å². The molecule has 2 saturated heterocycles. The molecular weight excluding hydrogens is 458 g/mol.